The number of carboxylic acid groups (broad SMARTS) is 1. The fourth-order valence-corrected chi connectivity index (χ4v) is 2.78. The molecule has 5 heteroatoms. The molecule has 5 nitrogen and oxygen atoms in total. The topological polar surface area (TPSA) is 72.2 Å². The minimum absolute atomic E-state index is 0.0569. The van der Waals surface area contributed by atoms with E-state index in [2.05, 4.69) is 18.8 Å². The molecule has 2 atom stereocenters. The first kappa shape index (κ1) is 17.4. The molecule has 1 aromatic rings. The Morgan fingerprint density at radius 3 is 2.48 bits per heavy atom. The molecule has 1 aromatic heterocycles. The van der Waals surface area contributed by atoms with Crippen molar-refractivity contribution in [1.82, 2.24) is 9.55 Å². The third-order valence-electron chi connectivity index (χ3n) is 4.17. The van der Waals surface area contributed by atoms with Crippen LogP contribution in [-0.4, -0.2) is 20.6 Å². The zero-order chi connectivity index (χ0) is 16.2. The summed E-state index contributed by atoms with van der Waals surface area (Å²) < 4.78 is 1.72. The summed E-state index contributed by atoms with van der Waals surface area (Å²) in [6.07, 6.45) is 2.46. The summed E-state index contributed by atoms with van der Waals surface area (Å²) in [5.41, 5.74) is 2.14. The third kappa shape index (κ3) is 4.41. The van der Waals surface area contributed by atoms with Crippen LogP contribution in [0.3, 0.4) is 0 Å². The Hall–Kier alpha value is -1.65. The van der Waals surface area contributed by atoms with Crippen molar-refractivity contribution in [2.45, 2.75) is 66.3 Å². The second-order valence-corrected chi connectivity index (χ2v) is 5.91. The largest absolute Gasteiger partial charge is 0.481 e. The van der Waals surface area contributed by atoms with Crippen molar-refractivity contribution >= 4 is 5.97 Å². The van der Waals surface area contributed by atoms with E-state index in [-0.39, 0.29) is 18.2 Å². The van der Waals surface area contributed by atoms with Crippen molar-refractivity contribution in [3.05, 3.63) is 27.4 Å². The molecular weight excluding hydrogens is 268 g/mol. The smallest absolute Gasteiger partial charge is 0.348 e. The lowest BCUT2D eigenvalue weighted by Gasteiger charge is -2.23. The lowest BCUT2D eigenvalue weighted by molar-refractivity contribution is -0.136. The zero-order valence-electron chi connectivity index (χ0n) is 13.6. The number of aryl methyl sites for hydroxylation is 1. The highest BCUT2D eigenvalue weighted by molar-refractivity contribution is 5.67. The molecule has 0 amide bonds. The molecule has 21 heavy (non-hydrogen) atoms. The van der Waals surface area contributed by atoms with Gasteiger partial charge in [-0.1, -0.05) is 20.3 Å². The first-order chi connectivity index (χ1) is 9.77. The van der Waals surface area contributed by atoms with Crippen LogP contribution in [0.1, 0.15) is 63.0 Å². The van der Waals surface area contributed by atoms with Gasteiger partial charge < -0.3 is 5.11 Å². The second-order valence-electron chi connectivity index (χ2n) is 5.91. The Morgan fingerprint density at radius 2 is 1.95 bits per heavy atom. The lowest BCUT2D eigenvalue weighted by Crippen LogP contribution is -2.31. The Morgan fingerprint density at radius 1 is 1.33 bits per heavy atom. The molecule has 0 aliphatic heterocycles. The molecule has 0 aliphatic rings. The van der Waals surface area contributed by atoms with Crippen LogP contribution >= 0.6 is 0 Å². The number of aromatic nitrogens is 2. The predicted molar refractivity (Wildman–Crippen MR) is 82.7 cm³/mol. The Labute approximate surface area is 126 Å². The van der Waals surface area contributed by atoms with Gasteiger partial charge in [0, 0.05) is 23.9 Å². The highest BCUT2D eigenvalue weighted by atomic mass is 16.4. The third-order valence-corrected chi connectivity index (χ3v) is 4.17. The molecular formula is C16H26N2O3. The van der Waals surface area contributed by atoms with Gasteiger partial charge in [0.1, 0.15) is 0 Å². The quantitative estimate of drug-likeness (QED) is 0.839. The Kier molecular flexibility index (Phi) is 6.12. The number of hydrogen-bond acceptors (Lipinski definition) is 3. The van der Waals surface area contributed by atoms with Gasteiger partial charge in [0.2, 0.25) is 0 Å². The van der Waals surface area contributed by atoms with Crippen LogP contribution < -0.4 is 5.69 Å². The van der Waals surface area contributed by atoms with Crippen LogP contribution in [0.25, 0.3) is 0 Å². The van der Waals surface area contributed by atoms with E-state index in [4.69, 9.17) is 5.11 Å². The molecule has 0 aromatic carbocycles. The second kappa shape index (κ2) is 7.38. The van der Waals surface area contributed by atoms with Crippen LogP contribution in [0.4, 0.5) is 0 Å². The van der Waals surface area contributed by atoms with Gasteiger partial charge in [-0.05, 0) is 45.1 Å². The molecule has 0 saturated heterocycles. The summed E-state index contributed by atoms with van der Waals surface area (Å²) in [6, 6.07) is 0.0733. The van der Waals surface area contributed by atoms with E-state index in [9.17, 15) is 9.59 Å². The van der Waals surface area contributed by atoms with Gasteiger partial charge in [0.05, 0.1) is 0 Å². The van der Waals surface area contributed by atoms with Crippen molar-refractivity contribution in [1.29, 1.82) is 0 Å². The summed E-state index contributed by atoms with van der Waals surface area (Å²) in [7, 11) is 0. The predicted octanol–water partition coefficient (Wildman–Crippen LogP) is 2.87. The first-order valence-corrected chi connectivity index (χ1v) is 7.58. The molecule has 0 aliphatic carbocycles. The van der Waals surface area contributed by atoms with Gasteiger partial charge in [-0.3, -0.25) is 9.36 Å². The molecule has 0 bridgehead atoms. The van der Waals surface area contributed by atoms with E-state index in [0.717, 1.165) is 24.1 Å². The molecule has 0 spiro atoms. The number of carboxylic acids is 1. The van der Waals surface area contributed by atoms with Crippen LogP contribution in [0.15, 0.2) is 4.79 Å². The van der Waals surface area contributed by atoms with Crippen molar-refractivity contribution < 1.29 is 9.90 Å². The van der Waals surface area contributed by atoms with Gasteiger partial charge in [-0.2, -0.15) is 4.98 Å². The van der Waals surface area contributed by atoms with Crippen LogP contribution in [-0.2, 0) is 11.2 Å². The summed E-state index contributed by atoms with van der Waals surface area (Å²) >= 11 is 0. The van der Waals surface area contributed by atoms with Gasteiger partial charge in [-0.15, -0.1) is 0 Å². The Bertz CT molecular complexity index is 563. The van der Waals surface area contributed by atoms with Gasteiger partial charge in [0.15, 0.2) is 0 Å². The standard InChI is InChI=1S/C16H26N2O3/c1-6-10(2)9-11(3)18-13(5)14(7-8-15(19)20)12(4)17-16(18)21/h10-11H,6-9H2,1-5H3,(H,19,20). The van der Waals surface area contributed by atoms with Crippen molar-refractivity contribution in [2.24, 2.45) is 5.92 Å². The summed E-state index contributed by atoms with van der Waals surface area (Å²) in [4.78, 5) is 27.1. The summed E-state index contributed by atoms with van der Waals surface area (Å²) in [5.74, 6) is -0.297. The molecule has 0 radical (unpaired) electrons. The summed E-state index contributed by atoms with van der Waals surface area (Å²) in [6.45, 7) is 10.00. The SMILES string of the molecule is CCC(C)CC(C)n1c(C)c(CCC(=O)O)c(C)nc1=O. The molecule has 0 saturated carbocycles. The van der Waals surface area contributed by atoms with E-state index >= 15 is 0 Å². The van der Waals surface area contributed by atoms with Crippen molar-refractivity contribution in [3.8, 4) is 0 Å². The average Bonchev–Trinajstić information content (AvgIpc) is 2.37. The van der Waals surface area contributed by atoms with Crippen LogP contribution in [0.2, 0.25) is 0 Å². The highest BCUT2D eigenvalue weighted by Crippen LogP contribution is 2.21. The number of nitrogens with zero attached hydrogens (tertiary/aromatic N) is 2. The monoisotopic (exact) mass is 294 g/mol. The van der Waals surface area contributed by atoms with E-state index in [1.54, 1.807) is 11.5 Å². The van der Waals surface area contributed by atoms with E-state index in [0.29, 0.717) is 18.0 Å². The average molecular weight is 294 g/mol. The van der Waals surface area contributed by atoms with Gasteiger partial charge >= 0.3 is 11.7 Å². The maximum atomic E-state index is 12.2. The van der Waals surface area contributed by atoms with Crippen molar-refractivity contribution in [2.75, 3.05) is 0 Å². The van der Waals surface area contributed by atoms with Gasteiger partial charge in [-0.25, -0.2) is 4.79 Å². The molecule has 1 N–H and O–H groups in total. The minimum atomic E-state index is -0.834. The molecule has 1 rings (SSSR count). The lowest BCUT2D eigenvalue weighted by atomic mass is 9.99. The zero-order valence-corrected chi connectivity index (χ0v) is 13.6. The highest BCUT2D eigenvalue weighted by Gasteiger charge is 2.17. The number of carbonyl (C=O) groups is 1. The fourth-order valence-electron chi connectivity index (χ4n) is 2.78. The first-order valence-electron chi connectivity index (χ1n) is 7.58. The normalized spacial score (nSPS) is 14.0. The minimum Gasteiger partial charge on any atom is -0.481 e. The Balaban J connectivity index is 3.17. The molecule has 1 heterocycles. The number of rotatable bonds is 7. The van der Waals surface area contributed by atoms with E-state index in [1.807, 2.05) is 13.8 Å². The molecule has 0 fully saturated rings. The van der Waals surface area contributed by atoms with Gasteiger partial charge in [0.25, 0.3) is 0 Å². The van der Waals surface area contributed by atoms with E-state index < -0.39 is 5.97 Å². The van der Waals surface area contributed by atoms with Crippen LogP contribution in [0.5, 0.6) is 0 Å². The number of hydrogen-bond donors (Lipinski definition) is 1. The fraction of sp³-hybridized carbons (Fsp3) is 0.688. The van der Waals surface area contributed by atoms with Crippen LogP contribution in [0, 0.1) is 19.8 Å². The molecule has 118 valence electrons. The maximum Gasteiger partial charge on any atom is 0.348 e. The van der Waals surface area contributed by atoms with E-state index in [1.165, 1.54) is 0 Å². The number of aliphatic carboxylic acids is 1. The van der Waals surface area contributed by atoms with Crippen molar-refractivity contribution in [3.63, 3.8) is 0 Å². The maximum absolute atomic E-state index is 12.2. The summed E-state index contributed by atoms with van der Waals surface area (Å²) in [5, 5.41) is 8.85. The molecule has 2 unspecified atom stereocenters.